The van der Waals surface area contributed by atoms with Crippen LogP contribution in [0.1, 0.15) is 44.0 Å². The fraction of sp³-hybridized carbons (Fsp3) is 0.611. The van der Waals surface area contributed by atoms with Gasteiger partial charge in [0.15, 0.2) is 0 Å². The Balaban J connectivity index is 2.02. The molecule has 1 aromatic rings. The van der Waals surface area contributed by atoms with E-state index in [2.05, 4.69) is 31.0 Å². The van der Waals surface area contributed by atoms with Gasteiger partial charge in [0.2, 0.25) is 0 Å². The van der Waals surface area contributed by atoms with E-state index >= 15 is 0 Å². The molecule has 2 rings (SSSR count). The molecule has 0 radical (unpaired) electrons. The number of hydrogen-bond donors (Lipinski definition) is 1. The summed E-state index contributed by atoms with van der Waals surface area (Å²) in [6, 6.07) is 3.97. The summed E-state index contributed by atoms with van der Waals surface area (Å²) in [5.41, 5.74) is 0.0977. The Kier molecular flexibility index (Phi) is 5.63. The number of methoxy groups -OCH3 is 1. The van der Waals surface area contributed by atoms with E-state index in [0.29, 0.717) is 18.2 Å². The molecule has 23 heavy (non-hydrogen) atoms. The van der Waals surface area contributed by atoms with Crippen molar-refractivity contribution in [2.45, 2.75) is 39.2 Å². The van der Waals surface area contributed by atoms with Gasteiger partial charge >= 0.3 is 0 Å². The Morgan fingerprint density at radius 2 is 2.22 bits per heavy atom. The Morgan fingerprint density at radius 1 is 1.48 bits per heavy atom. The second-order valence-corrected chi connectivity index (χ2v) is 7.03. The van der Waals surface area contributed by atoms with Crippen LogP contribution in [0.15, 0.2) is 18.2 Å². The summed E-state index contributed by atoms with van der Waals surface area (Å²) in [4.78, 5) is 14.8. The molecular formula is C18H27FN2O2. The van der Waals surface area contributed by atoms with Gasteiger partial charge in [0.05, 0.1) is 12.7 Å². The molecule has 1 unspecified atom stereocenters. The molecular weight excluding hydrogens is 295 g/mol. The lowest BCUT2D eigenvalue weighted by Crippen LogP contribution is -2.54. The van der Waals surface area contributed by atoms with Crippen molar-refractivity contribution >= 4 is 5.91 Å². The van der Waals surface area contributed by atoms with Gasteiger partial charge in [-0.3, -0.25) is 9.69 Å². The molecule has 0 spiro atoms. The van der Waals surface area contributed by atoms with Crippen LogP contribution in [0.5, 0.6) is 5.75 Å². The van der Waals surface area contributed by atoms with Gasteiger partial charge in [-0.25, -0.2) is 4.39 Å². The van der Waals surface area contributed by atoms with Crippen molar-refractivity contribution in [1.82, 2.24) is 10.2 Å². The van der Waals surface area contributed by atoms with Crippen LogP contribution in [0.3, 0.4) is 0 Å². The van der Waals surface area contributed by atoms with E-state index < -0.39 is 5.82 Å². The summed E-state index contributed by atoms with van der Waals surface area (Å²) in [5, 5.41) is 2.93. The van der Waals surface area contributed by atoms with Gasteiger partial charge in [-0.1, -0.05) is 6.92 Å². The van der Waals surface area contributed by atoms with Crippen LogP contribution >= 0.6 is 0 Å². The topological polar surface area (TPSA) is 41.6 Å². The van der Waals surface area contributed by atoms with Crippen molar-refractivity contribution in [2.75, 3.05) is 26.7 Å². The fourth-order valence-electron chi connectivity index (χ4n) is 3.10. The number of ether oxygens (including phenoxy) is 1. The van der Waals surface area contributed by atoms with Crippen LogP contribution in [0, 0.1) is 11.7 Å². The third-order valence-electron chi connectivity index (χ3n) is 4.60. The minimum atomic E-state index is -0.444. The van der Waals surface area contributed by atoms with Crippen molar-refractivity contribution in [3.8, 4) is 5.75 Å². The summed E-state index contributed by atoms with van der Waals surface area (Å²) >= 11 is 0. The van der Waals surface area contributed by atoms with Gasteiger partial charge in [0, 0.05) is 18.6 Å². The monoisotopic (exact) mass is 322 g/mol. The summed E-state index contributed by atoms with van der Waals surface area (Å²) in [5.74, 6) is 0.315. The number of amides is 1. The van der Waals surface area contributed by atoms with Gasteiger partial charge in [-0.15, -0.1) is 0 Å². The number of carbonyl (C=O) groups is 1. The molecule has 1 aliphatic rings. The Hall–Kier alpha value is -1.62. The molecule has 0 aliphatic carbocycles. The van der Waals surface area contributed by atoms with Gasteiger partial charge in [-0.2, -0.15) is 0 Å². The van der Waals surface area contributed by atoms with Crippen molar-refractivity contribution in [2.24, 2.45) is 5.92 Å². The number of nitrogens with zero attached hydrogens (tertiary/aromatic N) is 1. The molecule has 1 amide bonds. The van der Waals surface area contributed by atoms with Gasteiger partial charge < -0.3 is 10.1 Å². The lowest BCUT2D eigenvalue weighted by Gasteiger charge is -2.43. The van der Waals surface area contributed by atoms with Crippen molar-refractivity contribution < 1.29 is 13.9 Å². The standard InChI is InChI=1S/C18H27FN2O2/c1-13-6-5-9-21(11-13)18(2,3)12-20-17(22)15-10-14(19)7-8-16(15)23-4/h7-8,10,13H,5-6,9,11-12H2,1-4H3,(H,20,22). The number of rotatable bonds is 5. The van der Waals surface area contributed by atoms with E-state index in [9.17, 15) is 9.18 Å². The van der Waals surface area contributed by atoms with Gasteiger partial charge in [0.1, 0.15) is 11.6 Å². The third-order valence-corrected chi connectivity index (χ3v) is 4.60. The SMILES string of the molecule is COc1ccc(F)cc1C(=O)NCC(C)(C)N1CCCC(C)C1. The third kappa shape index (κ3) is 4.44. The molecule has 1 aliphatic heterocycles. The number of piperidine rings is 1. The largest absolute Gasteiger partial charge is 0.496 e. The molecule has 0 saturated carbocycles. The zero-order chi connectivity index (χ0) is 17.0. The van der Waals surface area contributed by atoms with Crippen LogP contribution in [-0.4, -0.2) is 43.1 Å². The number of nitrogens with one attached hydrogen (secondary N) is 1. The summed E-state index contributed by atoms with van der Waals surface area (Å²) in [6.07, 6.45) is 2.45. The molecule has 4 nitrogen and oxygen atoms in total. The van der Waals surface area contributed by atoms with E-state index in [4.69, 9.17) is 4.74 Å². The zero-order valence-corrected chi connectivity index (χ0v) is 14.5. The first-order valence-electron chi connectivity index (χ1n) is 8.20. The fourth-order valence-corrected chi connectivity index (χ4v) is 3.10. The normalized spacial score (nSPS) is 19.4. The Bertz CT molecular complexity index is 560. The minimum absolute atomic E-state index is 0.134. The highest BCUT2D eigenvalue weighted by molar-refractivity contribution is 5.97. The van der Waals surface area contributed by atoms with Crippen LogP contribution in [0.25, 0.3) is 0 Å². The van der Waals surface area contributed by atoms with Gasteiger partial charge in [-0.05, 0) is 57.4 Å². The molecule has 1 atom stereocenters. The zero-order valence-electron chi connectivity index (χ0n) is 14.5. The average Bonchev–Trinajstić information content (AvgIpc) is 2.52. The van der Waals surface area contributed by atoms with E-state index in [1.54, 1.807) is 0 Å². The second-order valence-electron chi connectivity index (χ2n) is 7.03. The highest BCUT2D eigenvalue weighted by Crippen LogP contribution is 2.24. The van der Waals surface area contributed by atoms with Crippen LogP contribution in [0.4, 0.5) is 4.39 Å². The lowest BCUT2D eigenvalue weighted by molar-refractivity contribution is 0.0656. The van der Waals surface area contributed by atoms with Crippen molar-refractivity contribution in [3.63, 3.8) is 0 Å². The summed E-state index contributed by atoms with van der Waals surface area (Å²) < 4.78 is 18.6. The number of benzene rings is 1. The number of halogens is 1. The maximum absolute atomic E-state index is 13.4. The smallest absolute Gasteiger partial charge is 0.255 e. The van der Waals surface area contributed by atoms with E-state index in [-0.39, 0.29) is 17.0 Å². The van der Waals surface area contributed by atoms with Crippen molar-refractivity contribution in [1.29, 1.82) is 0 Å². The van der Waals surface area contributed by atoms with E-state index in [1.807, 2.05) is 0 Å². The molecule has 0 aromatic heterocycles. The van der Waals surface area contributed by atoms with Gasteiger partial charge in [0.25, 0.3) is 5.91 Å². The molecule has 1 heterocycles. The molecule has 1 N–H and O–H groups in total. The molecule has 1 saturated heterocycles. The summed E-state index contributed by atoms with van der Waals surface area (Å²) in [6.45, 7) is 9.14. The number of carbonyl (C=O) groups excluding carboxylic acids is 1. The van der Waals surface area contributed by atoms with Crippen LogP contribution in [-0.2, 0) is 0 Å². The predicted octanol–water partition coefficient (Wildman–Crippen LogP) is 3.07. The Labute approximate surface area is 138 Å². The first-order chi connectivity index (χ1) is 10.8. The summed E-state index contributed by atoms with van der Waals surface area (Å²) in [7, 11) is 1.48. The number of hydrogen-bond acceptors (Lipinski definition) is 3. The Morgan fingerprint density at radius 3 is 2.87 bits per heavy atom. The first-order valence-corrected chi connectivity index (χ1v) is 8.20. The van der Waals surface area contributed by atoms with E-state index in [0.717, 1.165) is 13.1 Å². The molecule has 128 valence electrons. The van der Waals surface area contributed by atoms with E-state index in [1.165, 1.54) is 38.2 Å². The van der Waals surface area contributed by atoms with Crippen LogP contribution < -0.4 is 10.1 Å². The quantitative estimate of drug-likeness (QED) is 0.906. The highest BCUT2D eigenvalue weighted by Gasteiger charge is 2.30. The maximum atomic E-state index is 13.4. The molecule has 1 fully saturated rings. The molecule has 0 bridgehead atoms. The molecule has 1 aromatic carbocycles. The maximum Gasteiger partial charge on any atom is 0.255 e. The predicted molar refractivity (Wildman–Crippen MR) is 89.3 cm³/mol. The lowest BCUT2D eigenvalue weighted by atomic mass is 9.93. The minimum Gasteiger partial charge on any atom is -0.496 e. The van der Waals surface area contributed by atoms with Crippen LogP contribution in [0.2, 0.25) is 0 Å². The van der Waals surface area contributed by atoms with Crippen molar-refractivity contribution in [3.05, 3.63) is 29.6 Å². The molecule has 5 heteroatoms. The highest BCUT2D eigenvalue weighted by atomic mass is 19.1. The average molecular weight is 322 g/mol. The number of likely N-dealkylation sites (tertiary alicyclic amines) is 1. The second kappa shape index (κ2) is 7.30. The first kappa shape index (κ1) is 17.7.